The third-order valence-corrected chi connectivity index (χ3v) is 5.72. The van der Waals surface area contributed by atoms with Crippen molar-refractivity contribution in [2.24, 2.45) is 0 Å². The molecule has 3 rings (SSSR count). The lowest BCUT2D eigenvalue weighted by Gasteiger charge is -2.08. The van der Waals surface area contributed by atoms with E-state index in [1.54, 1.807) is 25.3 Å². The number of rotatable bonds is 7. The van der Waals surface area contributed by atoms with Crippen molar-refractivity contribution < 1.29 is 17.9 Å². The molecule has 0 saturated carbocycles. The first-order valence-corrected chi connectivity index (χ1v) is 11.0. The van der Waals surface area contributed by atoms with Gasteiger partial charge in [-0.15, -0.1) is 5.10 Å². The van der Waals surface area contributed by atoms with Crippen LogP contribution in [0.15, 0.2) is 58.6 Å². The molecule has 146 valence electrons. The molecule has 0 spiro atoms. The molecule has 0 unspecified atom stereocenters. The van der Waals surface area contributed by atoms with Gasteiger partial charge in [-0.25, -0.2) is 13.4 Å². The van der Waals surface area contributed by atoms with E-state index in [9.17, 15) is 13.2 Å². The van der Waals surface area contributed by atoms with Crippen LogP contribution in [0.3, 0.4) is 0 Å². The second-order valence-corrected chi connectivity index (χ2v) is 8.73. The largest absolute Gasteiger partial charge is 0.497 e. The highest BCUT2D eigenvalue weighted by Gasteiger charge is 2.15. The van der Waals surface area contributed by atoms with E-state index in [4.69, 9.17) is 4.74 Å². The Morgan fingerprint density at radius 2 is 1.89 bits per heavy atom. The van der Waals surface area contributed by atoms with Gasteiger partial charge in [0.25, 0.3) is 0 Å². The molecule has 8 nitrogen and oxygen atoms in total. The Kier molecular flexibility index (Phi) is 6.00. The number of carbonyl (C=O) groups excluding carboxylic acids is 1. The lowest BCUT2D eigenvalue weighted by atomic mass is 10.2. The van der Waals surface area contributed by atoms with Gasteiger partial charge < -0.3 is 10.1 Å². The number of aromatic nitrogens is 3. The quantitative estimate of drug-likeness (QED) is 0.567. The number of carbonyl (C=O) groups is 1. The van der Waals surface area contributed by atoms with Crippen molar-refractivity contribution >= 4 is 33.2 Å². The highest BCUT2D eigenvalue weighted by molar-refractivity contribution is 7.99. The zero-order valence-electron chi connectivity index (χ0n) is 15.2. The first-order valence-electron chi connectivity index (χ1n) is 8.15. The van der Waals surface area contributed by atoms with E-state index in [0.717, 1.165) is 29.3 Å². The lowest BCUT2D eigenvalue weighted by Crippen LogP contribution is -2.16. The topological polar surface area (TPSA) is 114 Å². The minimum absolute atomic E-state index is 0.0397. The van der Waals surface area contributed by atoms with E-state index in [2.05, 4.69) is 20.5 Å². The molecule has 0 saturated heterocycles. The Hall–Kier alpha value is -2.85. The van der Waals surface area contributed by atoms with Gasteiger partial charge in [-0.05, 0) is 36.4 Å². The summed E-state index contributed by atoms with van der Waals surface area (Å²) in [6.45, 7) is 0. The van der Waals surface area contributed by atoms with Gasteiger partial charge in [-0.1, -0.05) is 23.9 Å². The van der Waals surface area contributed by atoms with Crippen LogP contribution >= 0.6 is 11.8 Å². The number of nitrogens with one attached hydrogen (secondary N) is 2. The van der Waals surface area contributed by atoms with Crippen molar-refractivity contribution in [2.45, 2.75) is 10.1 Å². The van der Waals surface area contributed by atoms with Crippen LogP contribution in [0.1, 0.15) is 0 Å². The highest BCUT2D eigenvalue weighted by Crippen LogP contribution is 2.23. The first kappa shape index (κ1) is 19.9. The van der Waals surface area contributed by atoms with Gasteiger partial charge in [0.2, 0.25) is 11.1 Å². The predicted molar refractivity (Wildman–Crippen MR) is 107 cm³/mol. The monoisotopic (exact) mass is 418 g/mol. The van der Waals surface area contributed by atoms with E-state index in [-0.39, 0.29) is 22.2 Å². The van der Waals surface area contributed by atoms with Gasteiger partial charge in [0, 0.05) is 11.8 Å². The van der Waals surface area contributed by atoms with Crippen molar-refractivity contribution in [1.82, 2.24) is 15.2 Å². The normalized spacial score (nSPS) is 11.2. The summed E-state index contributed by atoms with van der Waals surface area (Å²) in [4.78, 5) is 16.6. The lowest BCUT2D eigenvalue weighted by molar-refractivity contribution is -0.113. The number of sulfone groups is 1. The molecule has 1 aromatic heterocycles. The van der Waals surface area contributed by atoms with Crippen LogP contribution in [0.2, 0.25) is 0 Å². The van der Waals surface area contributed by atoms with Gasteiger partial charge in [0.05, 0.1) is 23.4 Å². The van der Waals surface area contributed by atoms with E-state index in [1.807, 2.05) is 24.3 Å². The number of methoxy groups -OCH3 is 1. The summed E-state index contributed by atoms with van der Waals surface area (Å²) in [6.07, 6.45) is 1.10. The summed E-state index contributed by atoms with van der Waals surface area (Å²) >= 11 is 1.14. The molecule has 2 N–H and O–H groups in total. The number of ether oxygens (including phenoxy) is 1. The van der Waals surface area contributed by atoms with Crippen LogP contribution < -0.4 is 10.1 Å². The molecule has 0 aliphatic heterocycles. The number of hydrogen-bond donors (Lipinski definition) is 2. The summed E-state index contributed by atoms with van der Waals surface area (Å²) in [7, 11) is -1.84. The number of H-pyrrole nitrogens is 1. The number of nitrogens with zero attached hydrogens (tertiary/aromatic N) is 2. The summed E-state index contributed by atoms with van der Waals surface area (Å²) in [5.41, 5.74) is 1.09. The molecule has 3 aromatic rings. The zero-order chi connectivity index (χ0) is 20.1. The number of anilines is 1. The molecule has 28 heavy (non-hydrogen) atoms. The van der Waals surface area contributed by atoms with Crippen LogP contribution in [0.5, 0.6) is 5.75 Å². The van der Waals surface area contributed by atoms with Crippen LogP contribution in [0.4, 0.5) is 5.69 Å². The van der Waals surface area contributed by atoms with Gasteiger partial charge in [0.15, 0.2) is 15.7 Å². The van der Waals surface area contributed by atoms with Crippen molar-refractivity contribution in [3.05, 3.63) is 48.5 Å². The first-order chi connectivity index (χ1) is 13.4. The minimum atomic E-state index is -3.44. The Labute approximate surface area is 166 Å². The Balaban J connectivity index is 1.62. The maximum Gasteiger partial charge on any atom is 0.234 e. The number of benzene rings is 2. The molecule has 0 bridgehead atoms. The number of thioether (sulfide) groups is 1. The fourth-order valence-electron chi connectivity index (χ4n) is 2.40. The Morgan fingerprint density at radius 1 is 1.18 bits per heavy atom. The molecule has 2 aromatic carbocycles. The number of aromatic amines is 1. The standard InChI is InChI=1S/C18H18N4O4S2/c1-26-13-9-7-12(8-10-13)17-20-18(22-21-17)27-11-16(23)19-14-5-3-4-6-15(14)28(2,24)25/h3-10H,11H2,1-2H3,(H,19,23)(H,20,21,22). The molecule has 0 radical (unpaired) electrons. The van der Waals surface area contributed by atoms with Crippen molar-refractivity contribution in [3.63, 3.8) is 0 Å². The fraction of sp³-hybridized carbons (Fsp3) is 0.167. The van der Waals surface area contributed by atoms with Crippen molar-refractivity contribution in [1.29, 1.82) is 0 Å². The average Bonchev–Trinajstić information content (AvgIpc) is 3.15. The molecule has 0 fully saturated rings. The van der Waals surface area contributed by atoms with Crippen molar-refractivity contribution in [3.8, 4) is 17.1 Å². The summed E-state index contributed by atoms with van der Waals surface area (Å²) in [5.74, 6) is 1.01. The van der Waals surface area contributed by atoms with Crippen LogP contribution in [0, 0.1) is 0 Å². The SMILES string of the molecule is COc1ccc(-c2nc(SCC(=O)Nc3ccccc3S(C)(=O)=O)n[nH]2)cc1. The predicted octanol–water partition coefficient (Wildman–Crippen LogP) is 2.61. The Bertz CT molecular complexity index is 1080. The molecule has 1 amide bonds. The van der Waals surface area contributed by atoms with Gasteiger partial charge in [-0.3, -0.25) is 9.89 Å². The zero-order valence-corrected chi connectivity index (χ0v) is 16.8. The summed E-state index contributed by atoms with van der Waals surface area (Å²) in [5, 5.41) is 9.95. The molecule has 1 heterocycles. The molecule has 0 aliphatic carbocycles. The van der Waals surface area contributed by atoms with E-state index < -0.39 is 9.84 Å². The fourth-order valence-corrected chi connectivity index (χ4v) is 3.84. The maximum atomic E-state index is 12.2. The highest BCUT2D eigenvalue weighted by atomic mass is 32.2. The molecular weight excluding hydrogens is 400 g/mol. The molecular formula is C18H18N4O4S2. The smallest absolute Gasteiger partial charge is 0.234 e. The van der Waals surface area contributed by atoms with Gasteiger partial charge in [-0.2, -0.15) is 0 Å². The second-order valence-electron chi connectivity index (χ2n) is 5.80. The third kappa shape index (κ3) is 4.90. The van der Waals surface area contributed by atoms with Crippen LogP contribution in [0.25, 0.3) is 11.4 Å². The summed E-state index contributed by atoms with van der Waals surface area (Å²) in [6, 6.07) is 13.6. The summed E-state index contributed by atoms with van der Waals surface area (Å²) < 4.78 is 28.7. The van der Waals surface area contributed by atoms with Crippen LogP contribution in [-0.4, -0.2) is 48.6 Å². The Morgan fingerprint density at radius 3 is 2.57 bits per heavy atom. The number of amides is 1. The molecule has 0 aliphatic rings. The van der Waals surface area contributed by atoms with E-state index in [0.29, 0.717) is 11.0 Å². The third-order valence-electron chi connectivity index (χ3n) is 3.72. The minimum Gasteiger partial charge on any atom is -0.497 e. The van der Waals surface area contributed by atoms with Gasteiger partial charge >= 0.3 is 0 Å². The maximum absolute atomic E-state index is 12.2. The van der Waals surface area contributed by atoms with E-state index in [1.165, 1.54) is 6.07 Å². The van der Waals surface area contributed by atoms with E-state index >= 15 is 0 Å². The second kappa shape index (κ2) is 8.44. The average molecular weight is 419 g/mol. The molecule has 0 atom stereocenters. The molecule has 10 heteroatoms. The van der Waals surface area contributed by atoms with Gasteiger partial charge in [0.1, 0.15) is 5.75 Å². The number of hydrogen-bond acceptors (Lipinski definition) is 7. The van der Waals surface area contributed by atoms with Crippen molar-refractivity contribution in [2.75, 3.05) is 24.4 Å². The van der Waals surface area contributed by atoms with Crippen LogP contribution in [-0.2, 0) is 14.6 Å². The number of para-hydroxylation sites is 1.